The Hall–Kier alpha value is -0.610. The van der Waals surface area contributed by atoms with E-state index in [9.17, 15) is 4.79 Å². The van der Waals surface area contributed by atoms with Crippen molar-refractivity contribution in [3.8, 4) is 0 Å². The van der Waals surface area contributed by atoms with Gasteiger partial charge >= 0.3 is 5.97 Å². The fourth-order valence-electron chi connectivity index (χ4n) is 3.74. The quantitative estimate of drug-likeness (QED) is 0.783. The van der Waals surface area contributed by atoms with Crippen molar-refractivity contribution >= 4 is 5.97 Å². The van der Waals surface area contributed by atoms with Crippen LogP contribution in [0, 0.1) is 5.92 Å². The minimum atomic E-state index is -0.625. The van der Waals surface area contributed by atoms with E-state index in [1.807, 2.05) is 0 Å². The molecule has 2 bridgehead atoms. The maximum absolute atomic E-state index is 10.8. The number of hydrogen-bond donors (Lipinski definition) is 1. The summed E-state index contributed by atoms with van der Waals surface area (Å²) in [6.07, 6.45) is 6.36. The van der Waals surface area contributed by atoms with Crippen molar-refractivity contribution in [1.29, 1.82) is 0 Å². The molecule has 0 aromatic carbocycles. The second kappa shape index (κ2) is 6.02. The van der Waals surface area contributed by atoms with Crippen LogP contribution in [0.5, 0.6) is 0 Å². The molecule has 2 unspecified atom stereocenters. The normalized spacial score (nSPS) is 32.1. The fraction of sp³-hybridized carbons (Fsp3) is 0.929. The van der Waals surface area contributed by atoms with Gasteiger partial charge in [-0.2, -0.15) is 0 Å². The van der Waals surface area contributed by atoms with E-state index in [0.717, 1.165) is 19.4 Å². The molecule has 2 heterocycles. The summed E-state index contributed by atoms with van der Waals surface area (Å²) in [5.41, 5.74) is 0. The smallest absolute Gasteiger partial charge is 0.303 e. The first-order chi connectivity index (χ1) is 8.56. The molecule has 0 amide bonds. The van der Waals surface area contributed by atoms with Crippen LogP contribution in [-0.4, -0.2) is 60.1 Å². The van der Waals surface area contributed by atoms with Crippen LogP contribution in [0.2, 0.25) is 0 Å². The van der Waals surface area contributed by atoms with E-state index in [4.69, 9.17) is 5.11 Å². The second-order valence-electron chi connectivity index (χ2n) is 6.21. The van der Waals surface area contributed by atoms with E-state index < -0.39 is 5.97 Å². The molecule has 4 heteroatoms. The number of fused-ring (bicyclic) bond motifs is 2. The third kappa shape index (κ3) is 3.45. The average Bonchev–Trinajstić information content (AvgIpc) is 2.51. The molecule has 4 nitrogen and oxygen atoms in total. The minimum absolute atomic E-state index is 0.374. The van der Waals surface area contributed by atoms with Crippen LogP contribution in [0.15, 0.2) is 0 Å². The van der Waals surface area contributed by atoms with Crippen LogP contribution < -0.4 is 0 Å². The summed E-state index contributed by atoms with van der Waals surface area (Å²) in [6, 6.07) is 1.32. The molecule has 2 aliphatic heterocycles. The Kier molecular flexibility index (Phi) is 4.62. The lowest BCUT2D eigenvalue weighted by Gasteiger charge is -2.38. The lowest BCUT2D eigenvalue weighted by molar-refractivity contribution is -0.138. The van der Waals surface area contributed by atoms with Crippen LogP contribution in [0.1, 0.15) is 38.5 Å². The van der Waals surface area contributed by atoms with E-state index in [-0.39, 0.29) is 0 Å². The van der Waals surface area contributed by atoms with E-state index in [1.165, 1.54) is 25.8 Å². The zero-order chi connectivity index (χ0) is 13.1. The topological polar surface area (TPSA) is 43.8 Å². The maximum Gasteiger partial charge on any atom is 0.303 e. The molecule has 0 radical (unpaired) electrons. The lowest BCUT2D eigenvalue weighted by atomic mass is 9.88. The van der Waals surface area contributed by atoms with E-state index >= 15 is 0 Å². The van der Waals surface area contributed by atoms with Crippen molar-refractivity contribution < 1.29 is 9.90 Å². The summed E-state index contributed by atoms with van der Waals surface area (Å²) < 4.78 is 0. The van der Waals surface area contributed by atoms with Gasteiger partial charge in [-0.05, 0) is 65.2 Å². The summed E-state index contributed by atoms with van der Waals surface area (Å²) >= 11 is 0. The van der Waals surface area contributed by atoms with Crippen molar-refractivity contribution in [3.63, 3.8) is 0 Å². The summed E-state index contributed by atoms with van der Waals surface area (Å²) in [4.78, 5) is 15.7. The molecule has 1 N–H and O–H groups in total. The van der Waals surface area contributed by atoms with Crippen LogP contribution in [0.3, 0.4) is 0 Å². The van der Waals surface area contributed by atoms with Gasteiger partial charge in [0.15, 0.2) is 0 Å². The molecule has 2 aliphatic rings. The average molecular weight is 254 g/mol. The second-order valence-corrected chi connectivity index (χ2v) is 6.21. The van der Waals surface area contributed by atoms with E-state index in [0.29, 0.717) is 24.4 Å². The SMILES string of the molecule is CN(C)CCCN1C2CCC1CC(CC(=O)O)C2. The molecular weight excluding hydrogens is 228 g/mol. The number of piperidine rings is 1. The molecular formula is C14H26N2O2. The standard InChI is InChI=1S/C14H26N2O2/c1-15(2)6-3-7-16-12-4-5-13(16)9-11(8-12)10-14(17)18/h11-13H,3-10H2,1-2H3,(H,17,18). The van der Waals surface area contributed by atoms with Gasteiger partial charge in [-0.1, -0.05) is 0 Å². The van der Waals surface area contributed by atoms with Gasteiger partial charge in [0.05, 0.1) is 0 Å². The van der Waals surface area contributed by atoms with Crippen LogP contribution in [0.4, 0.5) is 0 Å². The number of nitrogens with zero attached hydrogens (tertiary/aromatic N) is 2. The molecule has 18 heavy (non-hydrogen) atoms. The minimum Gasteiger partial charge on any atom is -0.481 e. The van der Waals surface area contributed by atoms with Crippen LogP contribution in [-0.2, 0) is 4.79 Å². The van der Waals surface area contributed by atoms with Gasteiger partial charge in [-0.3, -0.25) is 9.69 Å². The lowest BCUT2D eigenvalue weighted by Crippen LogP contribution is -2.44. The highest BCUT2D eigenvalue weighted by Gasteiger charge is 2.40. The Labute approximate surface area is 110 Å². The number of carbonyl (C=O) groups is 1. The molecule has 2 fully saturated rings. The Morgan fingerprint density at radius 3 is 2.39 bits per heavy atom. The van der Waals surface area contributed by atoms with Crippen molar-refractivity contribution in [1.82, 2.24) is 9.80 Å². The maximum atomic E-state index is 10.8. The molecule has 0 aromatic rings. The molecule has 0 saturated carbocycles. The Balaban J connectivity index is 1.80. The molecule has 2 atom stereocenters. The van der Waals surface area contributed by atoms with Gasteiger partial charge in [-0.25, -0.2) is 0 Å². The van der Waals surface area contributed by atoms with Gasteiger partial charge in [0.2, 0.25) is 0 Å². The van der Waals surface area contributed by atoms with Crippen molar-refractivity contribution in [2.24, 2.45) is 5.92 Å². The number of carboxylic acids is 1. The fourth-order valence-corrected chi connectivity index (χ4v) is 3.74. The summed E-state index contributed by atoms with van der Waals surface area (Å²) in [7, 11) is 4.24. The predicted molar refractivity (Wildman–Crippen MR) is 71.7 cm³/mol. The zero-order valence-electron chi connectivity index (χ0n) is 11.6. The van der Waals surface area contributed by atoms with Crippen LogP contribution >= 0.6 is 0 Å². The summed E-state index contributed by atoms with van der Waals surface area (Å²) in [6.45, 7) is 2.34. The Morgan fingerprint density at radius 2 is 1.89 bits per heavy atom. The highest BCUT2D eigenvalue weighted by atomic mass is 16.4. The van der Waals surface area contributed by atoms with E-state index in [1.54, 1.807) is 0 Å². The highest BCUT2D eigenvalue weighted by molar-refractivity contribution is 5.67. The van der Waals surface area contributed by atoms with Gasteiger partial charge in [0.25, 0.3) is 0 Å². The molecule has 0 aliphatic carbocycles. The Bertz CT molecular complexity index is 280. The molecule has 0 spiro atoms. The Morgan fingerprint density at radius 1 is 1.28 bits per heavy atom. The third-order valence-corrected chi connectivity index (χ3v) is 4.47. The van der Waals surface area contributed by atoms with Gasteiger partial charge in [0, 0.05) is 18.5 Å². The van der Waals surface area contributed by atoms with Crippen LogP contribution in [0.25, 0.3) is 0 Å². The summed E-state index contributed by atoms with van der Waals surface area (Å²) in [5, 5.41) is 8.91. The van der Waals surface area contributed by atoms with Crippen molar-refractivity contribution in [2.45, 2.75) is 50.6 Å². The summed E-state index contributed by atoms with van der Waals surface area (Å²) in [5.74, 6) is -0.203. The monoisotopic (exact) mass is 254 g/mol. The van der Waals surface area contributed by atoms with E-state index in [2.05, 4.69) is 23.9 Å². The first-order valence-corrected chi connectivity index (χ1v) is 7.18. The van der Waals surface area contributed by atoms with Gasteiger partial charge < -0.3 is 10.0 Å². The number of carboxylic acid groups (broad SMARTS) is 1. The molecule has 2 saturated heterocycles. The number of rotatable bonds is 6. The molecule has 104 valence electrons. The van der Waals surface area contributed by atoms with Gasteiger partial charge in [-0.15, -0.1) is 0 Å². The van der Waals surface area contributed by atoms with Crippen molar-refractivity contribution in [3.05, 3.63) is 0 Å². The number of aliphatic carboxylic acids is 1. The third-order valence-electron chi connectivity index (χ3n) is 4.47. The number of hydrogen-bond acceptors (Lipinski definition) is 3. The molecule has 0 aromatic heterocycles. The zero-order valence-corrected chi connectivity index (χ0v) is 11.6. The first-order valence-electron chi connectivity index (χ1n) is 7.18. The van der Waals surface area contributed by atoms with Crippen molar-refractivity contribution in [2.75, 3.05) is 27.2 Å². The van der Waals surface area contributed by atoms with Gasteiger partial charge in [0.1, 0.15) is 0 Å². The first kappa shape index (κ1) is 13.8. The molecule has 2 rings (SSSR count). The largest absolute Gasteiger partial charge is 0.481 e. The highest BCUT2D eigenvalue weighted by Crippen LogP contribution is 2.39. The predicted octanol–water partition coefficient (Wildman–Crippen LogP) is 1.66.